The zero-order chi connectivity index (χ0) is 18.3. The predicted molar refractivity (Wildman–Crippen MR) is 71.8 cm³/mol. The highest BCUT2D eigenvalue weighted by molar-refractivity contribution is 5.74. The highest BCUT2D eigenvalue weighted by Crippen LogP contribution is 2.51. The van der Waals surface area contributed by atoms with Crippen molar-refractivity contribution in [3.63, 3.8) is 0 Å². The summed E-state index contributed by atoms with van der Waals surface area (Å²) in [5, 5.41) is 9.22. The minimum atomic E-state index is -4.65. The van der Waals surface area contributed by atoms with Gasteiger partial charge in [-0.3, -0.25) is 0 Å². The van der Waals surface area contributed by atoms with Crippen molar-refractivity contribution in [2.75, 3.05) is 13.7 Å². The molecule has 1 aliphatic rings. The van der Waals surface area contributed by atoms with Crippen LogP contribution in [0.15, 0.2) is 12.1 Å². The molecule has 1 aliphatic heterocycles. The molecule has 1 N–H and O–H groups in total. The molecule has 2 rings (SSSR count). The number of carboxylic acid groups (broad SMARTS) is 1. The molecule has 134 valence electrons. The summed E-state index contributed by atoms with van der Waals surface area (Å²) in [5.41, 5.74) is -2.50. The second-order valence-corrected chi connectivity index (χ2v) is 5.92. The molecule has 0 amide bonds. The second-order valence-electron chi connectivity index (χ2n) is 5.92. The first-order chi connectivity index (χ1) is 11.0. The van der Waals surface area contributed by atoms with Crippen LogP contribution < -0.4 is 4.74 Å². The Balaban J connectivity index is 2.54. The topological polar surface area (TPSA) is 55.8 Å². The van der Waals surface area contributed by atoms with Crippen LogP contribution in [0.4, 0.5) is 22.0 Å². The Kier molecular flexibility index (Phi) is 4.76. The number of alkyl halides is 3. The maximum Gasteiger partial charge on any atom is 0.396 e. The summed E-state index contributed by atoms with van der Waals surface area (Å²) >= 11 is 0. The largest absolute Gasteiger partial charge is 0.493 e. The van der Waals surface area contributed by atoms with Crippen LogP contribution in [0.25, 0.3) is 0 Å². The molecule has 24 heavy (non-hydrogen) atoms. The third-order valence-electron chi connectivity index (χ3n) is 4.23. The Morgan fingerprint density at radius 2 is 2.00 bits per heavy atom. The number of benzene rings is 1. The minimum absolute atomic E-state index is 0.182. The second kappa shape index (κ2) is 6.19. The maximum atomic E-state index is 13.9. The van der Waals surface area contributed by atoms with E-state index in [9.17, 15) is 31.9 Å². The molecule has 0 unspecified atom stereocenters. The Morgan fingerprint density at radius 3 is 2.50 bits per heavy atom. The quantitative estimate of drug-likeness (QED) is 0.845. The smallest absolute Gasteiger partial charge is 0.396 e. The zero-order valence-electron chi connectivity index (χ0n) is 12.8. The molecular formula is C15H15F5O4. The van der Waals surface area contributed by atoms with E-state index in [1.54, 1.807) is 0 Å². The fourth-order valence-corrected chi connectivity index (χ4v) is 2.80. The van der Waals surface area contributed by atoms with Gasteiger partial charge in [-0.2, -0.15) is 17.6 Å². The van der Waals surface area contributed by atoms with Crippen LogP contribution in [-0.2, 0) is 9.53 Å². The van der Waals surface area contributed by atoms with Crippen molar-refractivity contribution >= 4 is 5.97 Å². The average molecular weight is 354 g/mol. The minimum Gasteiger partial charge on any atom is -0.493 e. The van der Waals surface area contributed by atoms with E-state index in [-0.39, 0.29) is 5.56 Å². The number of hydrogen-bond acceptors (Lipinski definition) is 3. The molecule has 1 saturated heterocycles. The van der Waals surface area contributed by atoms with Gasteiger partial charge in [-0.05, 0) is 19.4 Å². The number of rotatable bonds is 3. The van der Waals surface area contributed by atoms with Gasteiger partial charge in [-0.15, -0.1) is 0 Å². The van der Waals surface area contributed by atoms with Gasteiger partial charge < -0.3 is 14.6 Å². The molecule has 0 aliphatic carbocycles. The monoisotopic (exact) mass is 354 g/mol. The van der Waals surface area contributed by atoms with Gasteiger partial charge >= 0.3 is 12.1 Å². The molecule has 9 heteroatoms. The molecule has 0 bridgehead atoms. The van der Waals surface area contributed by atoms with Crippen molar-refractivity contribution in [2.24, 2.45) is 5.41 Å². The molecule has 4 nitrogen and oxygen atoms in total. The van der Waals surface area contributed by atoms with Gasteiger partial charge in [-0.25, -0.2) is 9.18 Å². The van der Waals surface area contributed by atoms with Gasteiger partial charge in [0.15, 0.2) is 17.7 Å². The molecule has 1 aromatic rings. The lowest BCUT2D eigenvalue weighted by molar-refractivity contribution is -0.259. The first-order valence-electron chi connectivity index (χ1n) is 6.95. The van der Waals surface area contributed by atoms with E-state index < -0.39 is 60.0 Å². The Bertz CT molecular complexity index is 645. The molecule has 1 aromatic carbocycles. The number of carbonyl (C=O) groups is 1. The molecule has 0 aromatic heterocycles. The number of halogens is 5. The van der Waals surface area contributed by atoms with Gasteiger partial charge in [0.05, 0.1) is 19.1 Å². The van der Waals surface area contributed by atoms with Gasteiger partial charge in [0.25, 0.3) is 0 Å². The summed E-state index contributed by atoms with van der Waals surface area (Å²) in [7, 11) is 1.02. The van der Waals surface area contributed by atoms with E-state index in [4.69, 9.17) is 9.47 Å². The summed E-state index contributed by atoms with van der Waals surface area (Å²) in [5.74, 6) is -6.11. The van der Waals surface area contributed by atoms with E-state index in [1.165, 1.54) is 0 Å². The zero-order valence-corrected chi connectivity index (χ0v) is 12.8. The molecular weight excluding hydrogens is 339 g/mol. The van der Waals surface area contributed by atoms with Gasteiger partial charge in [0.2, 0.25) is 5.82 Å². The van der Waals surface area contributed by atoms with Crippen LogP contribution in [0.2, 0.25) is 0 Å². The molecule has 1 fully saturated rings. The van der Waals surface area contributed by atoms with Gasteiger partial charge in [-0.1, -0.05) is 6.07 Å². The van der Waals surface area contributed by atoms with Crippen molar-refractivity contribution in [2.45, 2.75) is 31.5 Å². The van der Waals surface area contributed by atoms with Crippen LogP contribution in [0.5, 0.6) is 5.75 Å². The molecule has 0 saturated carbocycles. The molecule has 3 atom stereocenters. The van der Waals surface area contributed by atoms with Crippen LogP contribution in [0.3, 0.4) is 0 Å². The fourth-order valence-electron chi connectivity index (χ4n) is 2.80. The van der Waals surface area contributed by atoms with E-state index in [2.05, 4.69) is 0 Å². The predicted octanol–water partition coefficient (Wildman–Crippen LogP) is 3.50. The van der Waals surface area contributed by atoms with Crippen molar-refractivity contribution in [3.05, 3.63) is 29.3 Å². The standard InChI is InChI=1S/C15H15F5O4/c1-14(15(18,19)20)5-8(12(13(21)22)24-6-14)7-3-4-9(16)10(17)11(7)23-2/h3-4,8,12H,5-6H2,1-2H3,(H,21,22)/t8-,12+,14-/m0/s1. The van der Waals surface area contributed by atoms with Crippen molar-refractivity contribution in [1.29, 1.82) is 0 Å². The summed E-state index contributed by atoms with van der Waals surface area (Å²) in [6, 6.07) is 1.73. The lowest BCUT2D eigenvalue weighted by atomic mass is 9.73. The highest BCUT2D eigenvalue weighted by atomic mass is 19.4. The van der Waals surface area contributed by atoms with E-state index >= 15 is 0 Å². The first-order valence-corrected chi connectivity index (χ1v) is 6.95. The molecule has 1 heterocycles. The molecule has 0 spiro atoms. The summed E-state index contributed by atoms with van der Waals surface area (Å²) in [4.78, 5) is 11.3. The summed E-state index contributed by atoms with van der Waals surface area (Å²) in [6.07, 6.45) is -6.94. The lowest BCUT2D eigenvalue weighted by Crippen LogP contribution is -2.50. The Labute approximate surface area is 134 Å². The Morgan fingerprint density at radius 1 is 1.38 bits per heavy atom. The van der Waals surface area contributed by atoms with Crippen LogP contribution in [0, 0.1) is 17.0 Å². The fraction of sp³-hybridized carbons (Fsp3) is 0.533. The summed E-state index contributed by atoms with van der Waals surface area (Å²) in [6.45, 7) is 0.0559. The van der Waals surface area contributed by atoms with Crippen molar-refractivity contribution < 1.29 is 41.3 Å². The number of hydrogen-bond donors (Lipinski definition) is 1. The van der Waals surface area contributed by atoms with Crippen molar-refractivity contribution in [3.8, 4) is 5.75 Å². The molecule has 0 radical (unpaired) electrons. The lowest BCUT2D eigenvalue weighted by Gasteiger charge is -2.42. The van der Waals surface area contributed by atoms with Crippen LogP contribution in [0.1, 0.15) is 24.8 Å². The highest BCUT2D eigenvalue weighted by Gasteiger charge is 2.57. The number of aliphatic carboxylic acids is 1. The number of ether oxygens (including phenoxy) is 2. The third-order valence-corrected chi connectivity index (χ3v) is 4.23. The maximum absolute atomic E-state index is 13.9. The number of carboxylic acids is 1. The third kappa shape index (κ3) is 3.04. The van der Waals surface area contributed by atoms with E-state index in [0.717, 1.165) is 20.1 Å². The van der Waals surface area contributed by atoms with Gasteiger partial charge in [0.1, 0.15) is 0 Å². The van der Waals surface area contributed by atoms with Gasteiger partial charge in [0, 0.05) is 11.5 Å². The van der Waals surface area contributed by atoms with Crippen LogP contribution >= 0.6 is 0 Å². The van der Waals surface area contributed by atoms with Crippen LogP contribution in [-0.4, -0.2) is 37.1 Å². The normalized spacial score (nSPS) is 27.8. The van der Waals surface area contributed by atoms with E-state index in [0.29, 0.717) is 6.07 Å². The average Bonchev–Trinajstić information content (AvgIpc) is 2.48. The SMILES string of the molecule is COc1c([C@@H]2C[C@](C)(C(F)(F)F)CO[C@H]2C(=O)O)ccc(F)c1F. The Hall–Kier alpha value is -1.90. The van der Waals surface area contributed by atoms with E-state index in [1.807, 2.05) is 0 Å². The summed E-state index contributed by atoms with van der Waals surface area (Å²) < 4.78 is 76.7. The van der Waals surface area contributed by atoms with Crippen molar-refractivity contribution in [1.82, 2.24) is 0 Å². The first kappa shape index (κ1) is 18.4. The number of methoxy groups -OCH3 is 1.